The molecule has 3 nitrogen and oxygen atoms in total. The number of hydrogen-bond acceptors (Lipinski definition) is 3. The topological polar surface area (TPSA) is 46.2 Å². The zero-order chi connectivity index (χ0) is 12.3. The van der Waals surface area contributed by atoms with Crippen molar-refractivity contribution in [3.8, 4) is 0 Å². The lowest BCUT2D eigenvalue weighted by Gasteiger charge is -2.19. The second-order valence-corrected chi connectivity index (χ2v) is 6.17. The maximum absolute atomic E-state index is 11.9. The maximum Gasteiger partial charge on any atom is 0.223 e. The van der Waals surface area contributed by atoms with Gasteiger partial charge in [-0.15, -0.1) is 11.3 Å². The Hall–Kier alpha value is -0.680. The normalized spacial score (nSPS) is 17.1. The fourth-order valence-corrected chi connectivity index (χ4v) is 3.36. The molecule has 1 heterocycles. The van der Waals surface area contributed by atoms with Gasteiger partial charge in [0.2, 0.25) is 5.91 Å². The molecule has 0 aliphatic heterocycles. The highest BCUT2D eigenvalue weighted by Gasteiger charge is 2.24. The van der Waals surface area contributed by atoms with Crippen LogP contribution in [0.5, 0.6) is 0 Å². The van der Waals surface area contributed by atoms with E-state index in [1.807, 2.05) is 11.4 Å². The van der Waals surface area contributed by atoms with Gasteiger partial charge in [0.15, 0.2) is 0 Å². The summed E-state index contributed by atoms with van der Waals surface area (Å²) in [6.45, 7) is 0.583. The van der Waals surface area contributed by atoms with E-state index in [-0.39, 0.29) is 17.6 Å². The molecule has 0 radical (unpaired) electrons. The van der Waals surface area contributed by atoms with E-state index in [2.05, 4.69) is 21.2 Å². The zero-order valence-corrected chi connectivity index (χ0v) is 11.8. The van der Waals surface area contributed by atoms with E-state index in [0.29, 0.717) is 32.2 Å². The Bertz CT molecular complexity index is 420. The van der Waals surface area contributed by atoms with Crippen LogP contribution in [0.2, 0.25) is 0 Å². The number of thiophene rings is 1. The van der Waals surface area contributed by atoms with E-state index < -0.39 is 0 Å². The summed E-state index contributed by atoms with van der Waals surface area (Å²) < 4.78 is 1.05. The van der Waals surface area contributed by atoms with Gasteiger partial charge in [-0.1, -0.05) is 0 Å². The summed E-state index contributed by atoms with van der Waals surface area (Å²) in [4.78, 5) is 24.1. The number of rotatable bonds is 3. The van der Waals surface area contributed by atoms with Crippen molar-refractivity contribution in [2.75, 3.05) is 0 Å². The Balaban J connectivity index is 1.79. The fourth-order valence-electron chi connectivity index (χ4n) is 1.97. The molecule has 1 N–H and O–H groups in total. The smallest absolute Gasteiger partial charge is 0.223 e. The summed E-state index contributed by atoms with van der Waals surface area (Å²) in [7, 11) is 0. The number of ketones is 1. The molecule has 1 aliphatic rings. The molecule has 92 valence electrons. The predicted octanol–water partition coefficient (Wildman–Crippen LogP) is 2.89. The molecular weight excluding hydrogens is 302 g/mol. The number of halogens is 1. The van der Waals surface area contributed by atoms with Crippen molar-refractivity contribution < 1.29 is 9.59 Å². The molecule has 5 heteroatoms. The third-order valence-electron chi connectivity index (χ3n) is 2.97. The average Bonchev–Trinajstić information content (AvgIpc) is 2.73. The second-order valence-electron chi connectivity index (χ2n) is 4.26. The minimum Gasteiger partial charge on any atom is -0.351 e. The number of nitrogens with one attached hydrogen (secondary N) is 1. The molecule has 1 saturated carbocycles. The van der Waals surface area contributed by atoms with Gasteiger partial charge >= 0.3 is 0 Å². The molecule has 2 rings (SSSR count). The number of carbonyl (C=O) groups excluding carboxylic acids is 2. The molecule has 1 aliphatic carbocycles. The number of Topliss-reactive ketones (excluding diaryl/α,β-unsaturated/α-hetero) is 1. The molecule has 17 heavy (non-hydrogen) atoms. The summed E-state index contributed by atoms with van der Waals surface area (Å²) in [5, 5.41) is 4.94. The lowest BCUT2D eigenvalue weighted by atomic mass is 9.88. The first-order valence-electron chi connectivity index (χ1n) is 5.67. The number of amides is 1. The van der Waals surface area contributed by atoms with E-state index >= 15 is 0 Å². The van der Waals surface area contributed by atoms with Crippen molar-refractivity contribution in [1.29, 1.82) is 0 Å². The molecular formula is C12H14BrNO2S. The molecule has 1 aromatic heterocycles. The van der Waals surface area contributed by atoms with E-state index in [4.69, 9.17) is 0 Å². The molecule has 0 saturated heterocycles. The number of carbonyl (C=O) groups is 2. The van der Waals surface area contributed by atoms with Crippen molar-refractivity contribution in [3.63, 3.8) is 0 Å². The molecule has 1 amide bonds. The van der Waals surface area contributed by atoms with Gasteiger partial charge in [-0.3, -0.25) is 9.59 Å². The molecule has 1 fully saturated rings. The van der Waals surface area contributed by atoms with Crippen molar-refractivity contribution >= 4 is 39.0 Å². The van der Waals surface area contributed by atoms with Crippen LogP contribution in [-0.2, 0) is 16.1 Å². The Labute approximate surface area is 113 Å². The molecule has 0 spiro atoms. The first kappa shape index (κ1) is 12.8. The summed E-state index contributed by atoms with van der Waals surface area (Å²) >= 11 is 5.01. The van der Waals surface area contributed by atoms with Gasteiger partial charge in [-0.05, 0) is 34.8 Å². The summed E-state index contributed by atoms with van der Waals surface area (Å²) in [5.74, 6) is 0.398. The second kappa shape index (κ2) is 5.78. The van der Waals surface area contributed by atoms with E-state index in [1.54, 1.807) is 11.3 Å². The van der Waals surface area contributed by atoms with Crippen molar-refractivity contribution in [2.24, 2.45) is 5.92 Å². The van der Waals surface area contributed by atoms with Crippen LogP contribution in [0.1, 0.15) is 30.6 Å². The highest BCUT2D eigenvalue weighted by Crippen LogP contribution is 2.22. The third kappa shape index (κ3) is 3.64. The monoisotopic (exact) mass is 315 g/mol. The first-order valence-corrected chi connectivity index (χ1v) is 7.35. The van der Waals surface area contributed by atoms with Crippen molar-refractivity contribution in [1.82, 2.24) is 5.32 Å². The van der Waals surface area contributed by atoms with E-state index in [0.717, 1.165) is 9.35 Å². The van der Waals surface area contributed by atoms with Crippen molar-refractivity contribution in [3.05, 3.63) is 20.8 Å². The minimum absolute atomic E-state index is 0.0242. The van der Waals surface area contributed by atoms with Crippen LogP contribution in [-0.4, -0.2) is 11.7 Å². The predicted molar refractivity (Wildman–Crippen MR) is 70.8 cm³/mol. The third-order valence-corrected chi connectivity index (χ3v) is 4.67. The van der Waals surface area contributed by atoms with Gasteiger partial charge in [0.1, 0.15) is 5.78 Å². The highest BCUT2D eigenvalue weighted by atomic mass is 79.9. The average molecular weight is 316 g/mol. The van der Waals surface area contributed by atoms with Gasteiger partial charge in [-0.25, -0.2) is 0 Å². The largest absolute Gasteiger partial charge is 0.351 e. The SMILES string of the molecule is O=C1CCC(C(=O)NCc2cc(Br)cs2)CC1. The van der Waals surface area contributed by atoms with Crippen LogP contribution in [0.25, 0.3) is 0 Å². The Morgan fingerprint density at radius 2 is 2.18 bits per heavy atom. The van der Waals surface area contributed by atoms with Crippen LogP contribution < -0.4 is 5.32 Å². The minimum atomic E-state index is 0.0242. The lowest BCUT2D eigenvalue weighted by Crippen LogP contribution is -2.32. The van der Waals surface area contributed by atoms with Gasteiger partial charge in [-0.2, -0.15) is 0 Å². The van der Waals surface area contributed by atoms with Gasteiger partial charge < -0.3 is 5.32 Å². The molecule has 0 bridgehead atoms. The summed E-state index contributed by atoms with van der Waals surface area (Å²) in [6.07, 6.45) is 2.53. The van der Waals surface area contributed by atoms with Crippen LogP contribution in [0.4, 0.5) is 0 Å². The number of hydrogen-bond donors (Lipinski definition) is 1. The Morgan fingerprint density at radius 1 is 1.47 bits per heavy atom. The van der Waals surface area contributed by atoms with Crippen LogP contribution in [0.15, 0.2) is 15.9 Å². The van der Waals surface area contributed by atoms with Gasteiger partial charge in [0, 0.05) is 33.5 Å². The summed E-state index contributed by atoms with van der Waals surface area (Å²) in [5.41, 5.74) is 0. The lowest BCUT2D eigenvalue weighted by molar-refractivity contribution is -0.128. The van der Waals surface area contributed by atoms with Gasteiger partial charge in [0.25, 0.3) is 0 Å². The molecule has 0 aromatic carbocycles. The maximum atomic E-state index is 11.9. The standard InChI is InChI=1S/C12H14BrNO2S/c13-9-5-11(17-7-9)6-14-12(16)8-1-3-10(15)4-2-8/h5,7-8H,1-4,6H2,(H,14,16). The first-order chi connectivity index (χ1) is 8.15. The van der Waals surface area contributed by atoms with E-state index in [9.17, 15) is 9.59 Å². The fraction of sp³-hybridized carbons (Fsp3) is 0.500. The van der Waals surface area contributed by atoms with Crippen LogP contribution in [0.3, 0.4) is 0 Å². The van der Waals surface area contributed by atoms with Crippen LogP contribution >= 0.6 is 27.3 Å². The van der Waals surface area contributed by atoms with Crippen molar-refractivity contribution in [2.45, 2.75) is 32.2 Å². The van der Waals surface area contributed by atoms with Gasteiger partial charge in [0.05, 0.1) is 6.54 Å². The Kier molecular flexibility index (Phi) is 4.34. The Morgan fingerprint density at radius 3 is 2.76 bits per heavy atom. The van der Waals surface area contributed by atoms with Crippen LogP contribution in [0, 0.1) is 5.92 Å². The molecule has 1 aromatic rings. The quantitative estimate of drug-likeness (QED) is 0.932. The van der Waals surface area contributed by atoms with E-state index in [1.165, 1.54) is 0 Å². The summed E-state index contributed by atoms with van der Waals surface area (Å²) in [6, 6.07) is 2.01. The molecule has 0 unspecified atom stereocenters. The zero-order valence-electron chi connectivity index (χ0n) is 9.37. The highest BCUT2D eigenvalue weighted by molar-refractivity contribution is 9.10. The molecule has 0 atom stereocenters.